The summed E-state index contributed by atoms with van der Waals surface area (Å²) in [7, 11) is 2.40. The van der Waals surface area contributed by atoms with Gasteiger partial charge in [-0.2, -0.15) is 0 Å². The molecule has 0 spiro atoms. The fourth-order valence-electron chi connectivity index (χ4n) is 2.21. The van der Waals surface area contributed by atoms with Gasteiger partial charge in [-0.05, 0) is 30.3 Å². The fraction of sp³-hybridized carbons (Fsp3) is 0.200. The van der Waals surface area contributed by atoms with Gasteiger partial charge in [0.2, 0.25) is 0 Å². The zero-order chi connectivity index (χ0) is 21.2. The molecule has 0 radical (unpaired) electrons. The van der Waals surface area contributed by atoms with Crippen LogP contribution in [0.5, 0.6) is 0 Å². The summed E-state index contributed by atoms with van der Waals surface area (Å²) in [6.45, 7) is -0.544. The van der Waals surface area contributed by atoms with E-state index in [-0.39, 0.29) is 22.6 Å². The zero-order valence-corrected chi connectivity index (χ0v) is 16.6. The molecule has 0 aliphatic heterocycles. The summed E-state index contributed by atoms with van der Waals surface area (Å²) in [5, 5.41) is 2.44. The highest BCUT2D eigenvalue weighted by atomic mass is 32.2. The van der Waals surface area contributed by atoms with E-state index in [1.54, 1.807) is 0 Å². The van der Waals surface area contributed by atoms with Crippen LogP contribution in [0, 0.1) is 0 Å². The maximum atomic E-state index is 12.1. The van der Waals surface area contributed by atoms with Gasteiger partial charge in [0.05, 0.1) is 36.8 Å². The highest BCUT2D eigenvalue weighted by molar-refractivity contribution is 8.00. The lowest BCUT2D eigenvalue weighted by atomic mass is 10.1. The average molecular weight is 417 g/mol. The first-order valence-corrected chi connectivity index (χ1v) is 9.37. The molecular formula is C20H19NO7S. The minimum atomic E-state index is -0.701. The fourth-order valence-corrected chi connectivity index (χ4v) is 2.93. The Balaban J connectivity index is 1.96. The summed E-state index contributed by atoms with van der Waals surface area (Å²) in [6, 6.07) is 13.3. The van der Waals surface area contributed by atoms with Crippen molar-refractivity contribution in [2.24, 2.45) is 0 Å². The average Bonchev–Trinajstić information content (AvgIpc) is 2.75. The van der Waals surface area contributed by atoms with E-state index in [4.69, 9.17) is 4.74 Å². The molecule has 0 aliphatic rings. The molecule has 2 aromatic rings. The maximum Gasteiger partial charge on any atom is 0.339 e. The van der Waals surface area contributed by atoms with Crippen molar-refractivity contribution in [3.63, 3.8) is 0 Å². The molecule has 0 aromatic heterocycles. The quantitative estimate of drug-likeness (QED) is 0.397. The van der Waals surface area contributed by atoms with Gasteiger partial charge in [0, 0.05) is 4.90 Å². The van der Waals surface area contributed by atoms with Crippen molar-refractivity contribution in [2.75, 3.05) is 31.9 Å². The molecule has 0 saturated heterocycles. The van der Waals surface area contributed by atoms with E-state index in [0.717, 1.165) is 4.90 Å². The molecule has 1 amide bonds. The van der Waals surface area contributed by atoms with Gasteiger partial charge in [0.15, 0.2) is 6.61 Å². The number of methoxy groups -OCH3 is 2. The summed E-state index contributed by atoms with van der Waals surface area (Å²) in [5.41, 5.74) is 0.214. The Morgan fingerprint density at radius 1 is 0.931 bits per heavy atom. The molecule has 152 valence electrons. The van der Waals surface area contributed by atoms with Gasteiger partial charge in [-0.15, -0.1) is 11.8 Å². The van der Waals surface area contributed by atoms with Gasteiger partial charge in [-0.3, -0.25) is 9.59 Å². The van der Waals surface area contributed by atoms with E-state index < -0.39 is 30.4 Å². The largest absolute Gasteiger partial charge is 0.465 e. The van der Waals surface area contributed by atoms with Crippen LogP contribution >= 0.6 is 11.8 Å². The van der Waals surface area contributed by atoms with Crippen LogP contribution in [0.1, 0.15) is 20.7 Å². The molecule has 0 atom stereocenters. The first-order chi connectivity index (χ1) is 13.9. The molecule has 0 bridgehead atoms. The first-order valence-electron chi connectivity index (χ1n) is 8.38. The number of benzene rings is 2. The van der Waals surface area contributed by atoms with Gasteiger partial charge >= 0.3 is 17.9 Å². The number of carbonyl (C=O) groups is 4. The third kappa shape index (κ3) is 6.65. The third-order valence-corrected chi connectivity index (χ3v) is 4.57. The molecule has 9 heteroatoms. The SMILES string of the molecule is COC(=O)c1ccc(C(=O)OC)c(NC(=O)COC(=O)CSc2ccccc2)c1. The number of hydrogen-bond donors (Lipinski definition) is 1. The summed E-state index contributed by atoms with van der Waals surface area (Å²) < 4.78 is 14.2. The lowest BCUT2D eigenvalue weighted by Gasteiger charge is -2.11. The van der Waals surface area contributed by atoms with Gasteiger partial charge in [-0.1, -0.05) is 18.2 Å². The molecule has 0 fully saturated rings. The number of nitrogens with one attached hydrogen (secondary N) is 1. The van der Waals surface area contributed by atoms with Crippen molar-refractivity contribution >= 4 is 41.3 Å². The standard InChI is InChI=1S/C20H19NO7S/c1-26-19(24)13-8-9-15(20(25)27-2)16(10-13)21-17(22)11-28-18(23)12-29-14-6-4-3-5-7-14/h3-10H,11-12H2,1-2H3,(H,21,22). The van der Waals surface area contributed by atoms with E-state index in [9.17, 15) is 19.2 Å². The van der Waals surface area contributed by atoms with E-state index in [2.05, 4.69) is 14.8 Å². The summed E-state index contributed by atoms with van der Waals surface area (Å²) in [5.74, 6) is -2.53. The van der Waals surface area contributed by atoms with E-state index in [1.165, 1.54) is 44.2 Å². The van der Waals surface area contributed by atoms with Gasteiger partial charge in [0.25, 0.3) is 5.91 Å². The van der Waals surface area contributed by atoms with Crippen LogP contribution in [-0.4, -0.2) is 50.4 Å². The lowest BCUT2D eigenvalue weighted by molar-refractivity contribution is -0.144. The molecular weight excluding hydrogens is 398 g/mol. The molecule has 0 saturated carbocycles. The van der Waals surface area contributed by atoms with E-state index in [0.29, 0.717) is 0 Å². The summed E-state index contributed by atoms with van der Waals surface area (Å²) in [6.07, 6.45) is 0. The second-order valence-electron chi connectivity index (χ2n) is 5.55. The smallest absolute Gasteiger partial charge is 0.339 e. The van der Waals surface area contributed by atoms with Crippen LogP contribution in [0.2, 0.25) is 0 Å². The number of anilines is 1. The first kappa shape index (κ1) is 22.0. The topological polar surface area (TPSA) is 108 Å². The summed E-state index contributed by atoms with van der Waals surface area (Å²) >= 11 is 1.28. The van der Waals surface area contributed by atoms with E-state index >= 15 is 0 Å². The molecule has 1 N–H and O–H groups in total. The number of thioether (sulfide) groups is 1. The Morgan fingerprint density at radius 3 is 2.28 bits per heavy atom. The monoisotopic (exact) mass is 417 g/mol. The molecule has 0 aliphatic carbocycles. The molecule has 2 aromatic carbocycles. The van der Waals surface area contributed by atoms with Crippen LogP contribution in [0.15, 0.2) is 53.4 Å². The number of amides is 1. The van der Waals surface area contributed by atoms with Crippen LogP contribution in [-0.2, 0) is 23.8 Å². The van der Waals surface area contributed by atoms with Crippen LogP contribution in [0.3, 0.4) is 0 Å². The second-order valence-corrected chi connectivity index (χ2v) is 6.60. The van der Waals surface area contributed by atoms with Crippen molar-refractivity contribution in [2.45, 2.75) is 4.90 Å². The van der Waals surface area contributed by atoms with Crippen LogP contribution in [0.25, 0.3) is 0 Å². The summed E-state index contributed by atoms with van der Waals surface area (Å²) in [4.78, 5) is 48.4. The van der Waals surface area contributed by atoms with E-state index in [1.807, 2.05) is 30.3 Å². The normalized spacial score (nSPS) is 10.0. The Morgan fingerprint density at radius 2 is 1.62 bits per heavy atom. The third-order valence-electron chi connectivity index (χ3n) is 3.58. The lowest BCUT2D eigenvalue weighted by Crippen LogP contribution is -2.23. The van der Waals surface area contributed by atoms with Crippen LogP contribution in [0.4, 0.5) is 5.69 Å². The van der Waals surface area contributed by atoms with Crippen molar-refractivity contribution in [1.29, 1.82) is 0 Å². The Bertz CT molecular complexity index is 899. The predicted molar refractivity (Wildman–Crippen MR) is 106 cm³/mol. The number of rotatable bonds is 8. The molecule has 0 heterocycles. The zero-order valence-electron chi connectivity index (χ0n) is 15.8. The highest BCUT2D eigenvalue weighted by Crippen LogP contribution is 2.20. The predicted octanol–water partition coefficient (Wildman–Crippen LogP) is 2.53. The molecule has 8 nitrogen and oxygen atoms in total. The Kier molecular flexibility index (Phi) is 8.23. The maximum absolute atomic E-state index is 12.1. The van der Waals surface area contributed by atoms with Gasteiger partial charge < -0.3 is 19.5 Å². The Labute approximate surface area is 171 Å². The molecule has 0 unspecified atom stereocenters. The van der Waals surface area contributed by atoms with Gasteiger partial charge in [-0.25, -0.2) is 9.59 Å². The van der Waals surface area contributed by atoms with Crippen molar-refractivity contribution in [3.05, 3.63) is 59.7 Å². The number of hydrogen-bond acceptors (Lipinski definition) is 8. The minimum absolute atomic E-state index is 0.0412. The number of ether oxygens (including phenoxy) is 3. The number of carbonyl (C=O) groups excluding carboxylic acids is 4. The highest BCUT2D eigenvalue weighted by Gasteiger charge is 2.18. The van der Waals surface area contributed by atoms with Gasteiger partial charge in [0.1, 0.15) is 0 Å². The second kappa shape index (κ2) is 10.9. The number of esters is 3. The Hall–Kier alpha value is -3.33. The van der Waals surface area contributed by atoms with Crippen molar-refractivity contribution in [3.8, 4) is 0 Å². The molecule has 2 rings (SSSR count). The van der Waals surface area contributed by atoms with Crippen molar-refractivity contribution in [1.82, 2.24) is 0 Å². The van der Waals surface area contributed by atoms with Crippen LogP contribution < -0.4 is 5.32 Å². The minimum Gasteiger partial charge on any atom is -0.465 e. The molecule has 29 heavy (non-hydrogen) atoms. The van der Waals surface area contributed by atoms with Crippen molar-refractivity contribution < 1.29 is 33.4 Å².